The highest BCUT2D eigenvalue weighted by atomic mass is 16.5. The number of carbonyl (C=O) groups is 2. The second kappa shape index (κ2) is 15.4. The van der Waals surface area contributed by atoms with Gasteiger partial charge in [-0.2, -0.15) is 0 Å². The highest BCUT2D eigenvalue weighted by molar-refractivity contribution is 5.99. The van der Waals surface area contributed by atoms with E-state index in [9.17, 15) is 14.7 Å². The molecule has 0 saturated carbocycles. The zero-order valence-corrected chi connectivity index (χ0v) is 17.5. The van der Waals surface area contributed by atoms with Gasteiger partial charge >= 0.3 is 5.97 Å². The van der Waals surface area contributed by atoms with Crippen molar-refractivity contribution < 1.29 is 19.4 Å². The molecule has 0 aromatic heterocycles. The molecule has 5 heteroatoms. The van der Waals surface area contributed by atoms with Gasteiger partial charge in [0.1, 0.15) is 6.10 Å². The number of nitrogens with one attached hydrogen (secondary N) is 1. The minimum Gasteiger partial charge on any atom is -0.462 e. The van der Waals surface area contributed by atoms with Crippen molar-refractivity contribution in [1.29, 1.82) is 0 Å². The quantitative estimate of drug-likeness (QED) is 0.335. The van der Waals surface area contributed by atoms with Gasteiger partial charge in [0.25, 0.3) is 0 Å². The van der Waals surface area contributed by atoms with Gasteiger partial charge in [-0.25, -0.2) is 4.79 Å². The van der Waals surface area contributed by atoms with Crippen LogP contribution in [-0.2, 0) is 4.74 Å². The molecule has 0 aliphatic heterocycles. The van der Waals surface area contributed by atoms with Crippen LogP contribution in [0.25, 0.3) is 0 Å². The van der Waals surface area contributed by atoms with Crippen LogP contribution in [0.5, 0.6) is 0 Å². The molecule has 0 fully saturated rings. The molecule has 158 valence electrons. The van der Waals surface area contributed by atoms with Gasteiger partial charge in [-0.05, 0) is 44.5 Å². The molecule has 5 nitrogen and oxygen atoms in total. The summed E-state index contributed by atoms with van der Waals surface area (Å²) in [4.78, 5) is 23.7. The Kier molecular flexibility index (Phi) is 13.1. The van der Waals surface area contributed by atoms with Crippen molar-refractivity contribution in [2.45, 2.75) is 45.6 Å². The van der Waals surface area contributed by atoms with Crippen molar-refractivity contribution in [3.8, 4) is 0 Å². The minimum atomic E-state index is -0.973. The van der Waals surface area contributed by atoms with Gasteiger partial charge in [0.2, 0.25) is 0 Å². The first kappa shape index (κ1) is 24.5. The normalized spacial score (nSPS) is 11.1. The maximum Gasteiger partial charge on any atom is 0.338 e. The lowest BCUT2D eigenvalue weighted by molar-refractivity contribution is 0.0496. The number of hydrogen-bond acceptors (Lipinski definition) is 5. The molecule has 29 heavy (non-hydrogen) atoms. The third kappa shape index (κ3) is 10.6. The van der Waals surface area contributed by atoms with Gasteiger partial charge < -0.3 is 15.2 Å². The Morgan fingerprint density at radius 3 is 1.93 bits per heavy atom. The second-order valence-electron chi connectivity index (χ2n) is 6.55. The first-order valence-corrected chi connectivity index (χ1v) is 10.3. The number of ketones is 1. The second-order valence-corrected chi connectivity index (χ2v) is 6.55. The van der Waals surface area contributed by atoms with E-state index in [2.05, 4.69) is 19.2 Å². The van der Waals surface area contributed by atoms with Crippen LogP contribution < -0.4 is 5.32 Å². The van der Waals surface area contributed by atoms with Crippen LogP contribution in [0.4, 0.5) is 0 Å². The fraction of sp³-hybridized carbons (Fsp3) is 0.417. The lowest BCUT2D eigenvalue weighted by atomic mass is 10.0. The number of aliphatic hydroxyl groups is 1. The highest BCUT2D eigenvalue weighted by Gasteiger charge is 2.16. The molecule has 2 N–H and O–H groups in total. The highest BCUT2D eigenvalue weighted by Crippen LogP contribution is 2.10. The number of benzene rings is 2. The maximum absolute atomic E-state index is 12.0. The molecular weight excluding hydrogens is 366 g/mol. The first-order chi connectivity index (χ1) is 14.1. The van der Waals surface area contributed by atoms with Gasteiger partial charge in [0, 0.05) is 5.56 Å². The van der Waals surface area contributed by atoms with Crippen LogP contribution in [0.15, 0.2) is 60.7 Å². The van der Waals surface area contributed by atoms with Crippen LogP contribution in [-0.4, -0.2) is 42.7 Å². The van der Waals surface area contributed by atoms with Crippen LogP contribution in [0.3, 0.4) is 0 Å². The summed E-state index contributed by atoms with van der Waals surface area (Å²) >= 11 is 0. The molecule has 1 unspecified atom stereocenters. The van der Waals surface area contributed by atoms with Crippen LogP contribution in [0, 0.1) is 0 Å². The third-order valence-corrected chi connectivity index (χ3v) is 4.23. The Balaban J connectivity index is 0.000000749. The minimum absolute atomic E-state index is 0.244. The number of carbonyl (C=O) groups excluding carboxylic acids is 2. The Bertz CT molecular complexity index is 687. The summed E-state index contributed by atoms with van der Waals surface area (Å²) in [7, 11) is 0. The van der Waals surface area contributed by atoms with Gasteiger partial charge in [-0.3, -0.25) is 4.79 Å². The van der Waals surface area contributed by atoms with E-state index in [0.29, 0.717) is 37.0 Å². The Morgan fingerprint density at radius 2 is 1.41 bits per heavy atom. The molecule has 0 aliphatic rings. The topological polar surface area (TPSA) is 75.6 Å². The summed E-state index contributed by atoms with van der Waals surface area (Å²) in [6.07, 6.45) is 1.66. The van der Waals surface area contributed by atoms with E-state index >= 15 is 0 Å². The van der Waals surface area contributed by atoms with Crippen LogP contribution >= 0.6 is 0 Å². The molecule has 0 radical (unpaired) electrons. The maximum atomic E-state index is 12.0. The van der Waals surface area contributed by atoms with Gasteiger partial charge in [0.15, 0.2) is 5.78 Å². The fourth-order valence-corrected chi connectivity index (χ4v) is 2.61. The van der Waals surface area contributed by atoms with E-state index in [1.165, 1.54) is 0 Å². The van der Waals surface area contributed by atoms with Crippen molar-refractivity contribution >= 4 is 11.8 Å². The van der Waals surface area contributed by atoms with E-state index in [1.54, 1.807) is 48.5 Å². The molecular formula is C24H33NO4. The molecule has 0 aliphatic carbocycles. The number of esters is 1. The number of hydrogen-bond donors (Lipinski definition) is 2. The zero-order chi connectivity index (χ0) is 21.3. The Hall–Kier alpha value is -2.50. The molecule has 0 amide bonds. The monoisotopic (exact) mass is 399 g/mol. The Labute approximate surface area is 174 Å². The average Bonchev–Trinajstić information content (AvgIpc) is 2.77. The van der Waals surface area contributed by atoms with Crippen molar-refractivity contribution in [2.75, 3.05) is 19.7 Å². The molecule has 2 rings (SSSR count). The molecule has 0 saturated heterocycles. The smallest absolute Gasteiger partial charge is 0.338 e. The molecule has 2 aromatic carbocycles. The number of Topliss-reactive ketones (excluding diaryl/α,β-unsaturated/α-hetero) is 1. The van der Waals surface area contributed by atoms with E-state index in [-0.39, 0.29) is 11.8 Å². The lowest BCUT2D eigenvalue weighted by Gasteiger charge is -2.09. The van der Waals surface area contributed by atoms with Crippen LogP contribution in [0.1, 0.15) is 60.2 Å². The largest absolute Gasteiger partial charge is 0.462 e. The van der Waals surface area contributed by atoms with Gasteiger partial charge in [-0.1, -0.05) is 68.8 Å². The van der Waals surface area contributed by atoms with E-state index in [0.717, 1.165) is 19.5 Å². The summed E-state index contributed by atoms with van der Waals surface area (Å²) in [5.41, 5.74) is 1.07. The number of rotatable bonds is 11. The average molecular weight is 400 g/mol. The lowest BCUT2D eigenvalue weighted by Crippen LogP contribution is -2.20. The molecule has 0 bridgehead atoms. The fourth-order valence-electron chi connectivity index (χ4n) is 2.61. The van der Waals surface area contributed by atoms with Crippen molar-refractivity contribution in [3.63, 3.8) is 0 Å². The molecule has 0 spiro atoms. The van der Waals surface area contributed by atoms with Gasteiger partial charge in [0.05, 0.1) is 12.2 Å². The zero-order valence-electron chi connectivity index (χ0n) is 17.5. The summed E-state index contributed by atoms with van der Waals surface area (Å²) < 4.78 is 5.18. The standard InChI is InChI=1S/C20H22O4.C4H11N/c21-18(19(22)16-10-4-1-5-11-16)14-8-3-9-15-24-20(23)17-12-6-2-7-13-17;1-3-5-4-2/h1-2,4-7,10-13,18,21H,3,8-9,14-15H2;5H,3-4H2,1-2H3. The molecule has 0 heterocycles. The number of aliphatic hydroxyl groups excluding tert-OH is 1. The van der Waals surface area contributed by atoms with E-state index in [4.69, 9.17) is 4.74 Å². The Morgan fingerprint density at radius 1 is 0.862 bits per heavy atom. The summed E-state index contributed by atoms with van der Waals surface area (Å²) in [6.45, 7) is 6.73. The number of unbranched alkanes of at least 4 members (excludes halogenated alkanes) is 2. The predicted molar refractivity (Wildman–Crippen MR) is 116 cm³/mol. The van der Waals surface area contributed by atoms with Gasteiger partial charge in [-0.15, -0.1) is 0 Å². The first-order valence-electron chi connectivity index (χ1n) is 10.3. The molecule has 1 atom stereocenters. The van der Waals surface area contributed by atoms with Crippen molar-refractivity contribution in [1.82, 2.24) is 5.32 Å². The van der Waals surface area contributed by atoms with Crippen molar-refractivity contribution in [2.24, 2.45) is 0 Å². The predicted octanol–water partition coefficient (Wildman–Crippen LogP) is 4.26. The van der Waals surface area contributed by atoms with Crippen molar-refractivity contribution in [3.05, 3.63) is 71.8 Å². The molecule has 2 aromatic rings. The van der Waals surface area contributed by atoms with E-state index < -0.39 is 6.10 Å². The summed E-state index contributed by atoms with van der Waals surface area (Å²) in [5.74, 6) is -0.569. The van der Waals surface area contributed by atoms with E-state index in [1.807, 2.05) is 12.1 Å². The summed E-state index contributed by atoms with van der Waals surface area (Å²) in [5, 5.41) is 13.0. The van der Waals surface area contributed by atoms with Crippen LogP contribution in [0.2, 0.25) is 0 Å². The SMILES string of the molecule is CCNCC.O=C(OCCCCCC(O)C(=O)c1ccccc1)c1ccccc1. The third-order valence-electron chi connectivity index (χ3n) is 4.23. The summed E-state index contributed by atoms with van der Waals surface area (Å²) in [6, 6.07) is 17.7. The number of ether oxygens (including phenoxy) is 1.